The monoisotopic (exact) mass is 352 g/mol. The fourth-order valence-electron chi connectivity index (χ4n) is 2.36. The normalized spacial score (nSPS) is 11.6. The van der Waals surface area contributed by atoms with Crippen molar-refractivity contribution in [2.24, 2.45) is 0 Å². The molecule has 7 heteroatoms. The number of nitrogens with one attached hydrogen (secondary N) is 2. The molecule has 1 heterocycles. The lowest BCUT2D eigenvalue weighted by Crippen LogP contribution is -2.24. The lowest BCUT2D eigenvalue weighted by molar-refractivity contribution is -0.119. The molecule has 3 rings (SSSR count). The summed E-state index contributed by atoms with van der Waals surface area (Å²) in [5.41, 5.74) is 1.41. The Kier molecular flexibility index (Phi) is 5.07. The number of anilines is 2. The summed E-state index contributed by atoms with van der Waals surface area (Å²) in [4.78, 5) is 24.5. The number of halogens is 1. The van der Waals surface area contributed by atoms with Crippen LogP contribution < -0.4 is 10.6 Å². The van der Waals surface area contributed by atoms with Gasteiger partial charge in [-0.05, 0) is 55.5 Å². The Labute approximate surface area is 149 Å². The zero-order valence-corrected chi connectivity index (χ0v) is 14.0. The third-order valence-electron chi connectivity index (χ3n) is 3.80. The molecule has 0 saturated heterocycles. The summed E-state index contributed by atoms with van der Waals surface area (Å²) in [5.74, 6) is -0.994. The largest absolute Gasteiger partial charge is 0.324 e. The number of benzene rings is 2. The van der Waals surface area contributed by atoms with Crippen LogP contribution in [0, 0.1) is 5.82 Å². The number of amides is 2. The van der Waals surface area contributed by atoms with Crippen molar-refractivity contribution >= 4 is 23.2 Å². The number of aromatic nitrogens is 2. The number of rotatable bonds is 5. The molecular formula is C19H17FN4O2. The molecule has 0 aliphatic carbocycles. The Hall–Kier alpha value is -3.48. The van der Waals surface area contributed by atoms with Gasteiger partial charge in [0.2, 0.25) is 5.91 Å². The Morgan fingerprint density at radius 3 is 2.38 bits per heavy atom. The summed E-state index contributed by atoms with van der Waals surface area (Å²) in [7, 11) is 0. The number of hydrogen-bond donors (Lipinski definition) is 2. The predicted molar refractivity (Wildman–Crippen MR) is 96.4 cm³/mol. The molecule has 0 aliphatic rings. The molecule has 0 saturated carbocycles. The average Bonchev–Trinajstić information content (AvgIpc) is 3.16. The number of carbonyl (C=O) groups is 2. The first-order chi connectivity index (χ1) is 12.5. The van der Waals surface area contributed by atoms with Gasteiger partial charge in [-0.1, -0.05) is 6.07 Å². The van der Waals surface area contributed by atoms with Crippen LogP contribution in [0.2, 0.25) is 0 Å². The summed E-state index contributed by atoms with van der Waals surface area (Å²) >= 11 is 0. The predicted octanol–water partition coefficient (Wildman–Crippen LogP) is 3.47. The van der Waals surface area contributed by atoms with Crippen LogP contribution >= 0.6 is 0 Å². The van der Waals surface area contributed by atoms with Gasteiger partial charge in [0.05, 0.1) is 0 Å². The zero-order valence-electron chi connectivity index (χ0n) is 14.0. The van der Waals surface area contributed by atoms with Crippen LogP contribution in [0.4, 0.5) is 15.8 Å². The van der Waals surface area contributed by atoms with Crippen molar-refractivity contribution in [1.82, 2.24) is 9.78 Å². The molecular weight excluding hydrogens is 335 g/mol. The topological polar surface area (TPSA) is 76.0 Å². The molecule has 2 N–H and O–H groups in total. The van der Waals surface area contributed by atoms with Crippen molar-refractivity contribution in [1.29, 1.82) is 0 Å². The standard InChI is InChI=1S/C19H17FN4O2/c1-13(24-11-3-10-21-24)18(25)22-16-4-2-5-17(12-16)23-19(26)14-6-8-15(20)9-7-14/h2-13H,1H3,(H,22,25)(H,23,26)/t13-/m1/s1. The molecule has 0 radical (unpaired) electrons. The minimum absolute atomic E-state index is 0.226. The van der Waals surface area contributed by atoms with Crippen molar-refractivity contribution in [2.45, 2.75) is 13.0 Å². The van der Waals surface area contributed by atoms with Crippen LogP contribution in [0.5, 0.6) is 0 Å². The Morgan fingerprint density at radius 2 is 1.73 bits per heavy atom. The van der Waals surface area contributed by atoms with Gasteiger partial charge in [-0.3, -0.25) is 14.3 Å². The second-order valence-corrected chi connectivity index (χ2v) is 5.69. The second kappa shape index (κ2) is 7.60. The van der Waals surface area contributed by atoms with Crippen LogP contribution in [0.15, 0.2) is 67.0 Å². The highest BCUT2D eigenvalue weighted by Crippen LogP contribution is 2.18. The van der Waals surface area contributed by atoms with Crippen molar-refractivity contribution < 1.29 is 14.0 Å². The van der Waals surface area contributed by atoms with Crippen molar-refractivity contribution in [2.75, 3.05) is 10.6 Å². The molecule has 0 fully saturated rings. The number of hydrogen-bond acceptors (Lipinski definition) is 3. The van der Waals surface area contributed by atoms with Gasteiger partial charge in [0.15, 0.2) is 0 Å². The van der Waals surface area contributed by atoms with E-state index in [1.54, 1.807) is 54.3 Å². The van der Waals surface area contributed by atoms with Gasteiger partial charge in [0.1, 0.15) is 11.9 Å². The molecule has 2 aromatic carbocycles. The summed E-state index contributed by atoms with van der Waals surface area (Å²) in [6.07, 6.45) is 3.32. The maximum Gasteiger partial charge on any atom is 0.255 e. The highest BCUT2D eigenvalue weighted by Gasteiger charge is 2.15. The van der Waals surface area contributed by atoms with E-state index in [2.05, 4.69) is 15.7 Å². The van der Waals surface area contributed by atoms with E-state index < -0.39 is 11.9 Å². The first-order valence-corrected chi connectivity index (χ1v) is 8.00. The molecule has 2 amide bonds. The van der Waals surface area contributed by atoms with Crippen LogP contribution in [0.3, 0.4) is 0 Å². The number of nitrogens with zero attached hydrogens (tertiary/aromatic N) is 2. The molecule has 26 heavy (non-hydrogen) atoms. The van der Waals surface area contributed by atoms with Crippen LogP contribution in [0.1, 0.15) is 23.3 Å². The van der Waals surface area contributed by atoms with Crippen molar-refractivity contribution in [3.05, 3.63) is 78.4 Å². The van der Waals surface area contributed by atoms with Crippen LogP contribution in [-0.4, -0.2) is 21.6 Å². The molecule has 0 bridgehead atoms. The molecule has 1 atom stereocenters. The zero-order chi connectivity index (χ0) is 18.5. The van der Waals surface area contributed by atoms with Crippen molar-refractivity contribution in [3.8, 4) is 0 Å². The SMILES string of the molecule is C[C@H](C(=O)Nc1cccc(NC(=O)c2ccc(F)cc2)c1)n1cccn1. The van der Waals surface area contributed by atoms with Crippen LogP contribution in [0.25, 0.3) is 0 Å². The third-order valence-corrected chi connectivity index (χ3v) is 3.80. The second-order valence-electron chi connectivity index (χ2n) is 5.69. The van der Waals surface area contributed by atoms with Gasteiger partial charge in [-0.2, -0.15) is 5.10 Å². The van der Waals surface area contributed by atoms with Gasteiger partial charge in [-0.15, -0.1) is 0 Å². The van der Waals surface area contributed by atoms with E-state index in [0.29, 0.717) is 16.9 Å². The van der Waals surface area contributed by atoms with E-state index in [1.807, 2.05) is 0 Å². The highest BCUT2D eigenvalue weighted by molar-refractivity contribution is 6.04. The van der Waals surface area contributed by atoms with Gasteiger partial charge in [0.25, 0.3) is 5.91 Å². The maximum atomic E-state index is 12.9. The van der Waals surface area contributed by atoms with Crippen molar-refractivity contribution in [3.63, 3.8) is 0 Å². The first kappa shape index (κ1) is 17.3. The smallest absolute Gasteiger partial charge is 0.255 e. The molecule has 3 aromatic rings. The first-order valence-electron chi connectivity index (χ1n) is 8.00. The van der Waals surface area contributed by atoms with E-state index in [-0.39, 0.29) is 11.8 Å². The van der Waals surface area contributed by atoms with E-state index >= 15 is 0 Å². The molecule has 1 aromatic heterocycles. The summed E-state index contributed by atoms with van der Waals surface area (Å²) in [5, 5.41) is 9.56. The lowest BCUT2D eigenvalue weighted by atomic mass is 10.2. The van der Waals surface area contributed by atoms with E-state index in [1.165, 1.54) is 24.3 Å². The maximum absolute atomic E-state index is 12.9. The number of carbonyl (C=O) groups excluding carboxylic acids is 2. The summed E-state index contributed by atoms with van der Waals surface area (Å²) in [6.45, 7) is 1.74. The minimum Gasteiger partial charge on any atom is -0.324 e. The van der Waals surface area contributed by atoms with E-state index in [9.17, 15) is 14.0 Å². The third kappa shape index (κ3) is 4.13. The summed E-state index contributed by atoms with van der Waals surface area (Å²) in [6, 6.07) is 13.3. The van der Waals surface area contributed by atoms with Gasteiger partial charge < -0.3 is 10.6 Å². The molecule has 0 unspecified atom stereocenters. The van der Waals surface area contributed by atoms with Gasteiger partial charge in [0, 0.05) is 29.3 Å². The quantitative estimate of drug-likeness (QED) is 0.738. The minimum atomic E-state index is -0.470. The van der Waals surface area contributed by atoms with Gasteiger partial charge >= 0.3 is 0 Å². The molecule has 6 nitrogen and oxygen atoms in total. The fraction of sp³-hybridized carbons (Fsp3) is 0.105. The average molecular weight is 352 g/mol. The lowest BCUT2D eigenvalue weighted by Gasteiger charge is -2.13. The van der Waals surface area contributed by atoms with E-state index in [4.69, 9.17) is 0 Å². The van der Waals surface area contributed by atoms with Crippen LogP contribution in [-0.2, 0) is 4.79 Å². The highest BCUT2D eigenvalue weighted by atomic mass is 19.1. The Balaban J connectivity index is 1.67. The van der Waals surface area contributed by atoms with Gasteiger partial charge in [-0.25, -0.2) is 4.39 Å². The summed E-state index contributed by atoms with van der Waals surface area (Å²) < 4.78 is 14.5. The molecule has 0 aliphatic heterocycles. The molecule has 132 valence electrons. The Morgan fingerprint density at radius 1 is 1.04 bits per heavy atom. The molecule has 0 spiro atoms. The van der Waals surface area contributed by atoms with E-state index in [0.717, 1.165) is 0 Å². The fourth-order valence-corrected chi connectivity index (χ4v) is 2.36. The Bertz CT molecular complexity index is 908.